The number of fused-ring (bicyclic) bond motifs is 1. The largest absolute Gasteiger partial charge is 0.457 e. The second-order valence-corrected chi connectivity index (χ2v) is 9.56. The van der Waals surface area contributed by atoms with Crippen LogP contribution in [-0.2, 0) is 16.0 Å². The van der Waals surface area contributed by atoms with Gasteiger partial charge in [-0.2, -0.15) is 13.2 Å². The van der Waals surface area contributed by atoms with Crippen LogP contribution in [0.25, 0.3) is 16.7 Å². The summed E-state index contributed by atoms with van der Waals surface area (Å²) in [6.45, 7) is 1.55. The van der Waals surface area contributed by atoms with Crippen LogP contribution in [0.2, 0.25) is 5.02 Å². The van der Waals surface area contributed by atoms with E-state index < -0.39 is 21.6 Å². The number of nitrogens with zero attached hydrogens (tertiary/aromatic N) is 2. The minimum Gasteiger partial charge on any atom is -0.457 e. The Hall–Kier alpha value is -3.04. The molecule has 3 aromatic carbocycles. The maximum absolute atomic E-state index is 13.3. The summed E-state index contributed by atoms with van der Waals surface area (Å²) in [5.41, 5.74) is -0.326. The summed E-state index contributed by atoms with van der Waals surface area (Å²) in [6.07, 6.45) is -3.25. The van der Waals surface area contributed by atoms with Gasteiger partial charge in [-0.25, -0.2) is 13.4 Å². The summed E-state index contributed by atoms with van der Waals surface area (Å²) in [5.74, 6) is 0.614. The molecular formula is C22H16ClF3N2O3S. The number of alkyl halides is 3. The summed E-state index contributed by atoms with van der Waals surface area (Å²) >= 11 is 6.40. The third-order valence-electron chi connectivity index (χ3n) is 4.84. The average Bonchev–Trinajstić information content (AvgIpc) is 3.17. The van der Waals surface area contributed by atoms with E-state index in [1.165, 1.54) is 41.2 Å². The van der Waals surface area contributed by atoms with Crippen molar-refractivity contribution in [1.82, 2.24) is 9.55 Å². The molecule has 1 heterocycles. The van der Waals surface area contributed by atoms with Crippen LogP contribution in [0, 0.1) is 0 Å². The lowest BCUT2D eigenvalue weighted by Crippen LogP contribution is -2.05. The number of benzene rings is 3. The molecule has 166 valence electrons. The van der Waals surface area contributed by atoms with Crippen molar-refractivity contribution in [2.24, 2.45) is 0 Å². The molecule has 4 rings (SSSR count). The average molecular weight is 481 g/mol. The van der Waals surface area contributed by atoms with E-state index in [9.17, 15) is 21.6 Å². The molecule has 0 saturated heterocycles. The number of halogens is 4. The first kappa shape index (κ1) is 22.2. The Balaban J connectivity index is 1.68. The zero-order valence-corrected chi connectivity index (χ0v) is 18.2. The van der Waals surface area contributed by atoms with E-state index in [2.05, 4.69) is 4.98 Å². The molecule has 32 heavy (non-hydrogen) atoms. The molecule has 0 fully saturated rings. The molecule has 0 radical (unpaired) electrons. The van der Waals surface area contributed by atoms with Crippen molar-refractivity contribution in [3.8, 4) is 17.2 Å². The summed E-state index contributed by atoms with van der Waals surface area (Å²) in [6, 6.07) is 14.6. The molecule has 0 bridgehead atoms. The number of hydrogen-bond donors (Lipinski definition) is 0. The topological polar surface area (TPSA) is 61.2 Å². The molecule has 0 spiro atoms. The number of para-hydroxylation sites is 1. The van der Waals surface area contributed by atoms with E-state index in [1.54, 1.807) is 31.2 Å². The Morgan fingerprint density at radius 1 is 1.03 bits per heavy atom. The van der Waals surface area contributed by atoms with Crippen molar-refractivity contribution in [2.75, 3.05) is 5.75 Å². The quantitative estimate of drug-likeness (QED) is 0.337. The van der Waals surface area contributed by atoms with E-state index in [1.807, 2.05) is 0 Å². The van der Waals surface area contributed by atoms with E-state index in [-0.39, 0.29) is 26.7 Å². The third-order valence-corrected chi connectivity index (χ3v) is 6.88. The van der Waals surface area contributed by atoms with Gasteiger partial charge >= 0.3 is 6.18 Å². The third kappa shape index (κ3) is 4.18. The number of hydrogen-bond acceptors (Lipinski definition) is 4. The van der Waals surface area contributed by atoms with Crippen molar-refractivity contribution in [3.63, 3.8) is 0 Å². The van der Waals surface area contributed by atoms with Gasteiger partial charge in [0, 0.05) is 6.07 Å². The van der Waals surface area contributed by atoms with Crippen LogP contribution in [0.15, 0.2) is 71.9 Å². The smallest absolute Gasteiger partial charge is 0.418 e. The zero-order valence-electron chi connectivity index (χ0n) is 16.6. The number of ether oxygens (including phenoxy) is 1. The molecule has 0 aliphatic carbocycles. The van der Waals surface area contributed by atoms with Gasteiger partial charge in [-0.3, -0.25) is 4.57 Å². The van der Waals surface area contributed by atoms with Gasteiger partial charge in [-0.15, -0.1) is 0 Å². The lowest BCUT2D eigenvalue weighted by Gasteiger charge is -2.12. The first-order valence-corrected chi connectivity index (χ1v) is 11.5. The molecule has 1 aromatic heterocycles. The monoisotopic (exact) mass is 480 g/mol. The Labute approximate surface area is 186 Å². The predicted molar refractivity (Wildman–Crippen MR) is 115 cm³/mol. The zero-order chi connectivity index (χ0) is 23.1. The molecule has 4 aromatic rings. The molecule has 0 aliphatic rings. The highest BCUT2D eigenvalue weighted by molar-refractivity contribution is 7.91. The van der Waals surface area contributed by atoms with Crippen molar-refractivity contribution in [1.29, 1.82) is 0 Å². The highest BCUT2D eigenvalue weighted by Gasteiger charge is 2.33. The van der Waals surface area contributed by atoms with Crippen LogP contribution in [0.5, 0.6) is 11.5 Å². The molecule has 10 heteroatoms. The second-order valence-electron chi connectivity index (χ2n) is 6.88. The highest BCUT2D eigenvalue weighted by atomic mass is 35.5. The van der Waals surface area contributed by atoms with E-state index >= 15 is 0 Å². The molecule has 5 nitrogen and oxygen atoms in total. The molecule has 0 atom stereocenters. The van der Waals surface area contributed by atoms with E-state index in [4.69, 9.17) is 16.3 Å². The Morgan fingerprint density at radius 2 is 1.75 bits per heavy atom. The van der Waals surface area contributed by atoms with Crippen LogP contribution in [0.3, 0.4) is 0 Å². The van der Waals surface area contributed by atoms with Gasteiger partial charge < -0.3 is 4.74 Å². The first-order valence-electron chi connectivity index (χ1n) is 9.44. The Bertz CT molecular complexity index is 1420. The minimum absolute atomic E-state index is 0.0358. The summed E-state index contributed by atoms with van der Waals surface area (Å²) in [7, 11) is -3.39. The summed E-state index contributed by atoms with van der Waals surface area (Å²) in [4.78, 5) is 4.07. The molecule has 0 saturated carbocycles. The maximum atomic E-state index is 13.3. The molecule has 0 N–H and O–H groups in total. The Kier molecular flexibility index (Phi) is 5.64. The summed E-state index contributed by atoms with van der Waals surface area (Å²) < 4.78 is 71.1. The highest BCUT2D eigenvalue weighted by Crippen LogP contribution is 2.36. The normalized spacial score (nSPS) is 12.3. The van der Waals surface area contributed by atoms with Crippen molar-refractivity contribution in [3.05, 3.63) is 77.6 Å². The van der Waals surface area contributed by atoms with Gasteiger partial charge in [0.25, 0.3) is 0 Å². The number of rotatable bonds is 5. The van der Waals surface area contributed by atoms with Crippen LogP contribution in [0.4, 0.5) is 13.2 Å². The van der Waals surface area contributed by atoms with Crippen molar-refractivity contribution in [2.45, 2.75) is 18.0 Å². The number of imidazole rings is 1. The van der Waals surface area contributed by atoms with Crippen molar-refractivity contribution >= 4 is 32.5 Å². The molecule has 0 aliphatic heterocycles. The van der Waals surface area contributed by atoms with Gasteiger partial charge in [0.1, 0.15) is 23.3 Å². The Morgan fingerprint density at radius 3 is 2.44 bits per heavy atom. The van der Waals surface area contributed by atoms with Crippen LogP contribution in [0.1, 0.15) is 12.5 Å². The molecule has 0 unspecified atom stereocenters. The van der Waals surface area contributed by atoms with E-state index in [0.717, 1.165) is 6.07 Å². The summed E-state index contributed by atoms with van der Waals surface area (Å²) in [5, 5.41) is 0.219. The fourth-order valence-electron chi connectivity index (χ4n) is 3.24. The SMILES string of the molecule is CCS(=O)(=O)c1cccc(Oc2ccc(-n3cnc4c(C(F)(F)F)cccc43)c(Cl)c2)c1. The first-order chi connectivity index (χ1) is 15.1. The number of aromatic nitrogens is 2. The number of sulfone groups is 1. The van der Waals surface area contributed by atoms with Gasteiger partial charge in [0.05, 0.1) is 32.4 Å². The second kappa shape index (κ2) is 8.14. The maximum Gasteiger partial charge on any atom is 0.418 e. The molecule has 0 amide bonds. The van der Waals surface area contributed by atoms with Gasteiger partial charge in [-0.05, 0) is 42.5 Å². The fourth-order valence-corrected chi connectivity index (χ4v) is 4.42. The van der Waals surface area contributed by atoms with Crippen LogP contribution < -0.4 is 4.74 Å². The predicted octanol–water partition coefficient (Wildman–Crippen LogP) is 6.28. The lowest BCUT2D eigenvalue weighted by molar-refractivity contribution is -0.136. The minimum atomic E-state index is -4.53. The standard InChI is InChI=1S/C22H16ClF3N2O3S/c1-2-32(29,30)16-6-3-5-14(11-16)31-15-9-10-19(18(23)12-15)28-13-27-21-17(22(24,25)26)7-4-8-20(21)28/h3-13H,2H2,1H3. The van der Waals surface area contributed by atoms with E-state index in [0.29, 0.717) is 17.2 Å². The van der Waals surface area contributed by atoms with Gasteiger partial charge in [0.15, 0.2) is 9.84 Å². The molecular weight excluding hydrogens is 465 g/mol. The van der Waals surface area contributed by atoms with Gasteiger partial charge in [0.2, 0.25) is 0 Å². The fraction of sp³-hybridized carbons (Fsp3) is 0.136. The lowest BCUT2D eigenvalue weighted by atomic mass is 10.1. The van der Waals surface area contributed by atoms with Crippen LogP contribution >= 0.6 is 11.6 Å². The van der Waals surface area contributed by atoms with Gasteiger partial charge in [-0.1, -0.05) is 30.7 Å². The van der Waals surface area contributed by atoms with Crippen LogP contribution in [-0.4, -0.2) is 23.7 Å². The van der Waals surface area contributed by atoms with Crippen molar-refractivity contribution < 1.29 is 26.3 Å².